The molecular formula is C24H27N3O3. The summed E-state index contributed by atoms with van der Waals surface area (Å²) in [6, 6.07) is 14.0. The highest BCUT2D eigenvalue weighted by atomic mass is 16.5. The molecule has 0 radical (unpaired) electrons. The van der Waals surface area contributed by atoms with E-state index in [2.05, 4.69) is 10.4 Å². The Morgan fingerprint density at radius 3 is 2.33 bits per heavy atom. The lowest BCUT2D eigenvalue weighted by molar-refractivity contribution is -0.119. The summed E-state index contributed by atoms with van der Waals surface area (Å²) >= 11 is 0. The molecule has 0 atom stereocenters. The average molecular weight is 405 g/mol. The molecule has 6 heteroatoms. The fourth-order valence-corrected chi connectivity index (χ4v) is 3.27. The van der Waals surface area contributed by atoms with E-state index in [1.165, 1.54) is 5.56 Å². The van der Waals surface area contributed by atoms with Gasteiger partial charge in [0.05, 0.1) is 17.9 Å². The number of esters is 1. The Morgan fingerprint density at radius 2 is 1.63 bits per heavy atom. The van der Waals surface area contributed by atoms with Crippen molar-refractivity contribution in [3.05, 3.63) is 81.7 Å². The summed E-state index contributed by atoms with van der Waals surface area (Å²) < 4.78 is 7.05. The van der Waals surface area contributed by atoms with Gasteiger partial charge in [-0.25, -0.2) is 4.79 Å². The molecule has 1 N–H and O–H groups in total. The molecule has 6 nitrogen and oxygen atoms in total. The van der Waals surface area contributed by atoms with Crippen LogP contribution in [0.2, 0.25) is 0 Å². The zero-order valence-corrected chi connectivity index (χ0v) is 18.1. The van der Waals surface area contributed by atoms with Crippen molar-refractivity contribution in [2.75, 3.05) is 11.9 Å². The summed E-state index contributed by atoms with van der Waals surface area (Å²) in [6.07, 6.45) is 0. The predicted molar refractivity (Wildman–Crippen MR) is 117 cm³/mol. The van der Waals surface area contributed by atoms with Crippen molar-refractivity contribution < 1.29 is 14.3 Å². The molecule has 1 aromatic heterocycles. The summed E-state index contributed by atoms with van der Waals surface area (Å²) in [5, 5.41) is 7.27. The van der Waals surface area contributed by atoms with Gasteiger partial charge in [0.2, 0.25) is 0 Å². The number of aromatic nitrogens is 2. The number of hydrogen-bond acceptors (Lipinski definition) is 4. The van der Waals surface area contributed by atoms with Crippen molar-refractivity contribution in [2.24, 2.45) is 0 Å². The van der Waals surface area contributed by atoms with E-state index in [9.17, 15) is 9.59 Å². The molecule has 3 aromatic rings. The van der Waals surface area contributed by atoms with Crippen molar-refractivity contribution in [1.82, 2.24) is 9.78 Å². The number of nitrogens with zero attached hydrogens (tertiary/aromatic N) is 2. The molecule has 0 aliphatic rings. The van der Waals surface area contributed by atoms with Crippen molar-refractivity contribution >= 4 is 17.6 Å². The highest BCUT2D eigenvalue weighted by Gasteiger charge is 2.21. The first kappa shape index (κ1) is 21.3. The summed E-state index contributed by atoms with van der Waals surface area (Å²) in [5.41, 5.74) is 6.70. The minimum absolute atomic E-state index is 0.353. The number of carbonyl (C=O) groups excluding carboxylic acids is 2. The van der Waals surface area contributed by atoms with Crippen LogP contribution in [0.15, 0.2) is 42.5 Å². The minimum Gasteiger partial charge on any atom is -0.452 e. The van der Waals surface area contributed by atoms with Crippen molar-refractivity contribution in [3.8, 4) is 0 Å². The molecule has 30 heavy (non-hydrogen) atoms. The maximum absolute atomic E-state index is 12.6. The zero-order chi connectivity index (χ0) is 21.8. The second kappa shape index (κ2) is 8.95. The van der Waals surface area contributed by atoms with Crippen molar-refractivity contribution in [2.45, 2.75) is 41.2 Å². The fraction of sp³-hybridized carbons (Fsp3) is 0.292. The summed E-state index contributed by atoms with van der Waals surface area (Å²) in [4.78, 5) is 24.9. The number of carbonyl (C=O) groups is 2. The van der Waals surface area contributed by atoms with E-state index in [-0.39, 0.29) is 12.5 Å². The van der Waals surface area contributed by atoms with Gasteiger partial charge in [-0.1, -0.05) is 42.0 Å². The first-order valence-electron chi connectivity index (χ1n) is 9.88. The van der Waals surface area contributed by atoms with E-state index in [4.69, 9.17) is 4.74 Å². The normalized spacial score (nSPS) is 10.7. The number of rotatable bonds is 6. The van der Waals surface area contributed by atoms with Crippen LogP contribution in [0.1, 0.15) is 44.0 Å². The number of nitrogens with one attached hydrogen (secondary N) is 1. The molecule has 0 saturated heterocycles. The Balaban J connectivity index is 1.65. The van der Waals surface area contributed by atoms with Crippen LogP contribution >= 0.6 is 0 Å². The van der Waals surface area contributed by atoms with E-state index in [0.29, 0.717) is 29.2 Å². The van der Waals surface area contributed by atoms with Gasteiger partial charge in [-0.2, -0.15) is 5.10 Å². The molecule has 156 valence electrons. The maximum Gasteiger partial charge on any atom is 0.342 e. The maximum atomic E-state index is 12.6. The van der Waals surface area contributed by atoms with Crippen LogP contribution in [0, 0.1) is 34.6 Å². The van der Waals surface area contributed by atoms with Crippen LogP contribution in [0.25, 0.3) is 0 Å². The monoisotopic (exact) mass is 405 g/mol. The van der Waals surface area contributed by atoms with Gasteiger partial charge in [-0.15, -0.1) is 0 Å². The highest BCUT2D eigenvalue weighted by Crippen LogP contribution is 2.18. The second-order valence-electron chi connectivity index (χ2n) is 7.63. The summed E-state index contributed by atoms with van der Waals surface area (Å²) in [5.74, 6) is -0.921. The molecule has 0 unspecified atom stereocenters. The van der Waals surface area contributed by atoms with Gasteiger partial charge in [0.1, 0.15) is 5.56 Å². The molecule has 0 fully saturated rings. The third kappa shape index (κ3) is 4.95. The lowest BCUT2D eigenvalue weighted by atomic mass is 10.1. The van der Waals surface area contributed by atoms with Crippen LogP contribution in [0.3, 0.4) is 0 Å². The van der Waals surface area contributed by atoms with Gasteiger partial charge >= 0.3 is 5.97 Å². The molecular weight excluding hydrogens is 378 g/mol. The number of benzene rings is 2. The molecule has 2 aromatic carbocycles. The molecule has 1 amide bonds. The lowest BCUT2D eigenvalue weighted by Crippen LogP contribution is -2.22. The van der Waals surface area contributed by atoms with E-state index >= 15 is 0 Å². The molecule has 0 aliphatic heterocycles. The topological polar surface area (TPSA) is 73.2 Å². The Labute approximate surface area is 176 Å². The zero-order valence-electron chi connectivity index (χ0n) is 18.1. The van der Waals surface area contributed by atoms with Gasteiger partial charge < -0.3 is 10.1 Å². The molecule has 0 aliphatic carbocycles. The summed E-state index contributed by atoms with van der Waals surface area (Å²) in [6.45, 7) is 9.72. The van der Waals surface area contributed by atoms with Crippen LogP contribution < -0.4 is 5.32 Å². The lowest BCUT2D eigenvalue weighted by Gasteiger charge is -2.10. The Morgan fingerprint density at radius 1 is 0.967 bits per heavy atom. The quantitative estimate of drug-likeness (QED) is 0.622. The fourth-order valence-electron chi connectivity index (χ4n) is 3.27. The number of amides is 1. The Hall–Kier alpha value is -3.41. The standard InChI is InChI=1S/C24H27N3O3/c1-15-7-10-20(11-8-15)13-27-19(5)23(18(4)26-27)24(29)30-14-22(28)25-21-12-16(2)6-9-17(21)3/h6-12H,13-14H2,1-5H3,(H,25,28). The van der Waals surface area contributed by atoms with Crippen LogP contribution in [-0.4, -0.2) is 28.3 Å². The van der Waals surface area contributed by atoms with Crippen LogP contribution in [0.5, 0.6) is 0 Å². The van der Waals surface area contributed by atoms with Gasteiger partial charge in [0.25, 0.3) is 5.91 Å². The average Bonchev–Trinajstić information content (AvgIpc) is 2.98. The molecule has 0 bridgehead atoms. The van der Waals surface area contributed by atoms with Crippen molar-refractivity contribution in [3.63, 3.8) is 0 Å². The molecule has 1 heterocycles. The van der Waals surface area contributed by atoms with E-state index < -0.39 is 5.97 Å². The minimum atomic E-state index is -0.545. The SMILES string of the molecule is Cc1ccc(Cn2nc(C)c(C(=O)OCC(=O)Nc3cc(C)ccc3C)c2C)cc1. The number of anilines is 1. The number of ether oxygens (including phenoxy) is 1. The molecule has 0 spiro atoms. The van der Waals surface area contributed by atoms with Gasteiger partial charge in [0.15, 0.2) is 6.61 Å². The van der Waals surface area contributed by atoms with Crippen LogP contribution in [-0.2, 0) is 16.1 Å². The largest absolute Gasteiger partial charge is 0.452 e. The molecule has 0 saturated carbocycles. The van der Waals surface area contributed by atoms with Crippen molar-refractivity contribution in [1.29, 1.82) is 0 Å². The van der Waals surface area contributed by atoms with Gasteiger partial charge in [-0.05, 0) is 57.4 Å². The first-order valence-corrected chi connectivity index (χ1v) is 9.88. The van der Waals surface area contributed by atoms with E-state index in [0.717, 1.165) is 16.7 Å². The van der Waals surface area contributed by atoms with E-state index in [1.54, 1.807) is 11.6 Å². The number of hydrogen-bond donors (Lipinski definition) is 1. The highest BCUT2D eigenvalue weighted by molar-refractivity contribution is 5.96. The Kier molecular flexibility index (Phi) is 6.35. The van der Waals surface area contributed by atoms with E-state index in [1.807, 2.05) is 70.2 Å². The molecule has 3 rings (SSSR count). The smallest absolute Gasteiger partial charge is 0.342 e. The predicted octanol–water partition coefficient (Wildman–Crippen LogP) is 4.27. The third-order valence-electron chi connectivity index (χ3n) is 5.04. The Bertz CT molecular complexity index is 1080. The summed E-state index contributed by atoms with van der Waals surface area (Å²) in [7, 11) is 0. The second-order valence-corrected chi connectivity index (χ2v) is 7.63. The van der Waals surface area contributed by atoms with Gasteiger partial charge in [0, 0.05) is 5.69 Å². The number of aryl methyl sites for hydroxylation is 4. The van der Waals surface area contributed by atoms with Crippen LogP contribution in [0.4, 0.5) is 5.69 Å². The third-order valence-corrected chi connectivity index (χ3v) is 5.04. The first-order chi connectivity index (χ1) is 14.2. The van der Waals surface area contributed by atoms with Gasteiger partial charge in [-0.3, -0.25) is 9.48 Å².